The third kappa shape index (κ3) is 15.1. The fraction of sp³-hybridized carbons (Fsp3) is 0.265. The Labute approximate surface area is 428 Å². The highest BCUT2D eigenvalue weighted by atomic mass is 19.3. The van der Waals surface area contributed by atoms with Gasteiger partial charge in [0.1, 0.15) is 83.9 Å². The number of halogens is 12. The summed E-state index contributed by atoms with van der Waals surface area (Å²) in [5, 5.41) is 28.0. The van der Waals surface area contributed by atoms with E-state index in [0.29, 0.717) is 17.2 Å². The van der Waals surface area contributed by atoms with Gasteiger partial charge in [-0.25, -0.2) is 73.8 Å². The number of hydrogen-bond donors (Lipinski definition) is 1. The van der Waals surface area contributed by atoms with Crippen molar-refractivity contribution in [1.29, 1.82) is 0 Å². The summed E-state index contributed by atoms with van der Waals surface area (Å²) in [6, 6.07) is 17.5. The van der Waals surface area contributed by atoms with Gasteiger partial charge in [-0.1, -0.05) is 48.6 Å². The minimum absolute atomic E-state index is 0.00573. The number of nitrogens with zero attached hydrogens (tertiary/aromatic N) is 12. The van der Waals surface area contributed by atoms with E-state index in [1.807, 2.05) is 0 Å². The van der Waals surface area contributed by atoms with Crippen molar-refractivity contribution in [2.24, 2.45) is 0 Å². The first-order valence-corrected chi connectivity index (χ1v) is 22.4. The third-order valence-corrected chi connectivity index (χ3v) is 11.1. The summed E-state index contributed by atoms with van der Waals surface area (Å²) in [4.78, 5) is 16.0. The average molecular weight is 1090 g/mol. The van der Waals surface area contributed by atoms with E-state index in [1.54, 1.807) is 18.2 Å². The van der Waals surface area contributed by atoms with Gasteiger partial charge in [0.25, 0.3) is 0 Å². The lowest BCUT2D eigenvalue weighted by Crippen LogP contribution is -2.39. The summed E-state index contributed by atoms with van der Waals surface area (Å²) in [7, 11) is 1.39. The SMILES string of the molecule is COC(Cn1cncn1)(Cn1cnc(/C=C/c2ccc(OCC(F)(F)C(F)F)cc2)n1)c1ccc(F)cc1F.OC(Cn1cncn1)(Cn1cnc(/C=C/c2ccc(OCC(F)(F)C(F)F)cc2)n1)c1ccc(F)cc1F. The highest BCUT2D eigenvalue weighted by Gasteiger charge is 2.43. The standard InChI is InChI=1S/C25H22F6N6O2.C24H20F6N6O2/c1-38-24(11-36-15-32-14-34-36,20-8-5-18(26)10-21(20)27)12-37-16-33-22(35-37)9-4-17-2-6-19(7-3-17)39-13-25(30,31)23(28)29;25-17-4-7-19(20(26)9-17)23(37,10-35-14-31-13-33-35)11-36-15-32-21(34-36)8-3-16-1-5-18(6-2-16)38-12-24(29,30)22(27)28/h2-10,14-16,23H,11-13H2,1H3;1-9,13-15,22,37H,10-12H2/b9-4+;8-3+. The van der Waals surface area contributed by atoms with Crippen LogP contribution in [0.25, 0.3) is 24.3 Å². The van der Waals surface area contributed by atoms with Gasteiger partial charge in [-0.2, -0.15) is 38.0 Å². The summed E-state index contributed by atoms with van der Waals surface area (Å²) < 4.78 is 178. The van der Waals surface area contributed by atoms with Crippen molar-refractivity contribution in [3.05, 3.63) is 180 Å². The van der Waals surface area contributed by atoms with Crippen LogP contribution in [-0.4, -0.2) is 109 Å². The van der Waals surface area contributed by atoms with Gasteiger partial charge in [-0.3, -0.25) is 0 Å². The normalized spacial score (nSPS) is 13.8. The molecule has 0 aliphatic rings. The molecular weight excluding hydrogens is 1050 g/mol. The lowest BCUT2D eigenvalue weighted by atomic mass is 9.92. The zero-order valence-corrected chi connectivity index (χ0v) is 39.8. The molecule has 0 saturated heterocycles. The number of alkyl halides is 8. The lowest BCUT2D eigenvalue weighted by Gasteiger charge is -2.32. The van der Waals surface area contributed by atoms with Gasteiger partial charge in [0.15, 0.2) is 24.9 Å². The molecule has 4 aromatic carbocycles. The Morgan fingerprint density at radius 2 is 0.948 bits per heavy atom. The summed E-state index contributed by atoms with van der Waals surface area (Å²) in [6.07, 6.45) is 6.73. The second kappa shape index (κ2) is 24.5. The van der Waals surface area contributed by atoms with Crippen molar-refractivity contribution in [3.8, 4) is 11.5 Å². The molecule has 2 unspecified atom stereocenters. The number of rotatable bonds is 23. The number of aliphatic hydroxyl groups is 1. The van der Waals surface area contributed by atoms with Crippen LogP contribution in [0, 0.1) is 23.3 Å². The molecule has 0 amide bonds. The molecule has 0 bridgehead atoms. The summed E-state index contributed by atoms with van der Waals surface area (Å²) in [5.41, 5.74) is -2.09. The minimum Gasteiger partial charge on any atom is -0.487 e. The van der Waals surface area contributed by atoms with Gasteiger partial charge in [-0.15, -0.1) is 0 Å². The topological polar surface area (TPSA) is 171 Å². The molecular formula is C49H42F12N12O4. The van der Waals surface area contributed by atoms with E-state index in [1.165, 1.54) is 124 Å². The van der Waals surface area contributed by atoms with Crippen molar-refractivity contribution >= 4 is 24.3 Å². The van der Waals surface area contributed by atoms with Crippen LogP contribution in [0.5, 0.6) is 11.5 Å². The number of hydrogen-bond acceptors (Lipinski definition) is 12. The monoisotopic (exact) mass is 1090 g/mol. The Bertz CT molecular complexity index is 3200. The van der Waals surface area contributed by atoms with Crippen LogP contribution >= 0.6 is 0 Å². The van der Waals surface area contributed by atoms with E-state index in [4.69, 9.17) is 14.2 Å². The molecule has 0 spiro atoms. The minimum atomic E-state index is -4.26. The van der Waals surface area contributed by atoms with Crippen molar-refractivity contribution < 1.29 is 72.0 Å². The molecule has 406 valence electrons. The van der Waals surface area contributed by atoms with Gasteiger partial charge in [0.05, 0.1) is 26.2 Å². The van der Waals surface area contributed by atoms with Gasteiger partial charge < -0.3 is 19.3 Å². The van der Waals surface area contributed by atoms with E-state index in [9.17, 15) is 57.8 Å². The molecule has 4 heterocycles. The Morgan fingerprint density at radius 3 is 1.36 bits per heavy atom. The second-order valence-electron chi connectivity index (χ2n) is 16.8. The molecule has 1 N–H and O–H groups in total. The predicted molar refractivity (Wildman–Crippen MR) is 249 cm³/mol. The van der Waals surface area contributed by atoms with Crippen LogP contribution < -0.4 is 9.47 Å². The first-order chi connectivity index (χ1) is 36.6. The molecule has 0 saturated carbocycles. The zero-order chi connectivity index (χ0) is 55.4. The maximum Gasteiger partial charge on any atom is 0.340 e. The number of ether oxygens (including phenoxy) is 3. The molecule has 4 aromatic heterocycles. The summed E-state index contributed by atoms with van der Waals surface area (Å²) >= 11 is 0. The predicted octanol–water partition coefficient (Wildman–Crippen LogP) is 9.02. The highest BCUT2D eigenvalue weighted by Crippen LogP contribution is 2.33. The van der Waals surface area contributed by atoms with Crippen molar-refractivity contribution in [1.82, 2.24) is 59.1 Å². The largest absolute Gasteiger partial charge is 0.487 e. The molecule has 16 nitrogen and oxygen atoms in total. The first kappa shape index (κ1) is 56.3. The van der Waals surface area contributed by atoms with Crippen LogP contribution in [0.4, 0.5) is 52.7 Å². The van der Waals surface area contributed by atoms with Crippen molar-refractivity contribution in [2.75, 3.05) is 20.3 Å². The van der Waals surface area contributed by atoms with Gasteiger partial charge in [0, 0.05) is 30.4 Å². The fourth-order valence-corrected chi connectivity index (χ4v) is 7.19. The zero-order valence-electron chi connectivity index (χ0n) is 39.8. The van der Waals surface area contributed by atoms with Gasteiger partial charge in [0.2, 0.25) is 0 Å². The van der Waals surface area contributed by atoms with E-state index < -0.39 is 72.4 Å². The molecule has 77 heavy (non-hydrogen) atoms. The van der Waals surface area contributed by atoms with Crippen LogP contribution in [0.2, 0.25) is 0 Å². The Kier molecular flexibility index (Phi) is 17.9. The molecule has 2 atom stereocenters. The maximum atomic E-state index is 14.8. The van der Waals surface area contributed by atoms with Crippen molar-refractivity contribution in [2.45, 2.75) is 62.1 Å². The number of benzene rings is 4. The van der Waals surface area contributed by atoms with Crippen molar-refractivity contribution in [3.63, 3.8) is 0 Å². The van der Waals surface area contributed by atoms with Crippen LogP contribution in [-0.2, 0) is 42.1 Å². The van der Waals surface area contributed by atoms with Crippen LogP contribution in [0.15, 0.2) is 123 Å². The van der Waals surface area contributed by atoms with Gasteiger partial charge >= 0.3 is 24.7 Å². The molecule has 0 radical (unpaired) electrons. The summed E-state index contributed by atoms with van der Waals surface area (Å²) in [6.45, 7) is -3.34. The molecule has 28 heteroatoms. The third-order valence-electron chi connectivity index (χ3n) is 11.1. The highest BCUT2D eigenvalue weighted by molar-refractivity contribution is 5.67. The molecule has 8 rings (SSSR count). The quantitative estimate of drug-likeness (QED) is 0.0604. The number of methoxy groups -OCH3 is 1. The number of aromatic nitrogens is 12. The lowest BCUT2D eigenvalue weighted by molar-refractivity contribution is -0.148. The molecule has 8 aromatic rings. The van der Waals surface area contributed by atoms with E-state index in [-0.39, 0.29) is 60.5 Å². The van der Waals surface area contributed by atoms with Crippen LogP contribution in [0.3, 0.4) is 0 Å². The molecule has 0 fully saturated rings. The summed E-state index contributed by atoms with van der Waals surface area (Å²) in [5.74, 6) is -11.3. The second-order valence-corrected chi connectivity index (χ2v) is 16.8. The molecule has 0 aliphatic heterocycles. The van der Waals surface area contributed by atoms with Gasteiger partial charge in [-0.05, 0) is 59.7 Å². The maximum absolute atomic E-state index is 14.8. The van der Waals surface area contributed by atoms with E-state index >= 15 is 0 Å². The van der Waals surface area contributed by atoms with Crippen LogP contribution in [0.1, 0.15) is 33.9 Å². The first-order valence-electron chi connectivity index (χ1n) is 22.4. The fourth-order valence-electron chi connectivity index (χ4n) is 7.19. The van der Waals surface area contributed by atoms with E-state index in [0.717, 1.165) is 24.3 Å². The average Bonchev–Trinajstić information content (AvgIpc) is 4.27. The van der Waals surface area contributed by atoms with E-state index in [2.05, 4.69) is 40.3 Å². The molecule has 0 aliphatic carbocycles. The Balaban J connectivity index is 0.000000224. The Hall–Kier alpha value is -8.40. The smallest absolute Gasteiger partial charge is 0.340 e. The Morgan fingerprint density at radius 1 is 0.532 bits per heavy atom.